The average molecular weight is 202 g/mol. The number of carboxylic acids is 1. The van der Waals surface area contributed by atoms with Gasteiger partial charge < -0.3 is 14.6 Å². The summed E-state index contributed by atoms with van der Waals surface area (Å²) < 4.78 is 10.6. The van der Waals surface area contributed by atoms with Gasteiger partial charge in [-0.2, -0.15) is 0 Å². The van der Waals surface area contributed by atoms with Gasteiger partial charge in [-0.3, -0.25) is 0 Å². The van der Waals surface area contributed by atoms with E-state index in [9.17, 15) is 4.79 Å². The Balaban J connectivity index is 2.21. The predicted molar refractivity (Wildman–Crippen MR) is 51.3 cm³/mol. The van der Waals surface area contributed by atoms with Crippen molar-refractivity contribution in [3.63, 3.8) is 0 Å². The van der Waals surface area contributed by atoms with Gasteiger partial charge in [0.2, 0.25) is 0 Å². The van der Waals surface area contributed by atoms with Gasteiger partial charge in [0, 0.05) is 6.61 Å². The first-order valence-corrected chi connectivity index (χ1v) is 5.20. The van der Waals surface area contributed by atoms with Crippen molar-refractivity contribution in [2.24, 2.45) is 0 Å². The fourth-order valence-electron chi connectivity index (χ4n) is 1.54. The third kappa shape index (κ3) is 3.64. The van der Waals surface area contributed by atoms with E-state index in [4.69, 9.17) is 14.6 Å². The summed E-state index contributed by atoms with van der Waals surface area (Å²) in [4.78, 5) is 10.7. The second-order valence-electron chi connectivity index (χ2n) is 3.58. The Hall–Kier alpha value is -0.610. The van der Waals surface area contributed by atoms with Crippen LogP contribution in [0.3, 0.4) is 0 Å². The molecule has 2 unspecified atom stereocenters. The third-order valence-electron chi connectivity index (χ3n) is 2.33. The highest BCUT2D eigenvalue weighted by molar-refractivity contribution is 5.72. The first kappa shape index (κ1) is 11.5. The fourth-order valence-corrected chi connectivity index (χ4v) is 1.54. The van der Waals surface area contributed by atoms with Crippen molar-refractivity contribution in [1.82, 2.24) is 0 Å². The van der Waals surface area contributed by atoms with Crippen LogP contribution in [0.1, 0.15) is 32.6 Å². The molecule has 0 radical (unpaired) electrons. The van der Waals surface area contributed by atoms with Gasteiger partial charge in [0.1, 0.15) is 0 Å². The van der Waals surface area contributed by atoms with Crippen molar-refractivity contribution < 1.29 is 19.4 Å². The van der Waals surface area contributed by atoms with Crippen LogP contribution in [0.25, 0.3) is 0 Å². The van der Waals surface area contributed by atoms with E-state index in [1.807, 2.05) is 6.92 Å². The lowest BCUT2D eigenvalue weighted by atomic mass is 10.2. The summed E-state index contributed by atoms with van der Waals surface area (Å²) in [6, 6.07) is 0. The molecule has 0 saturated carbocycles. The fraction of sp³-hybridized carbons (Fsp3) is 0.900. The molecule has 1 aliphatic heterocycles. The Labute approximate surface area is 84.2 Å². The Morgan fingerprint density at radius 1 is 1.71 bits per heavy atom. The maximum Gasteiger partial charge on any atom is 0.332 e. The molecule has 82 valence electrons. The number of carboxylic acid groups (broad SMARTS) is 1. The summed E-state index contributed by atoms with van der Waals surface area (Å²) in [5.41, 5.74) is 0. The molecule has 1 heterocycles. The topological polar surface area (TPSA) is 55.8 Å². The van der Waals surface area contributed by atoms with Crippen LogP contribution < -0.4 is 0 Å². The van der Waals surface area contributed by atoms with E-state index >= 15 is 0 Å². The Kier molecular flexibility index (Phi) is 4.90. The van der Waals surface area contributed by atoms with Gasteiger partial charge in [-0.15, -0.1) is 0 Å². The molecular weight excluding hydrogens is 184 g/mol. The minimum absolute atomic E-state index is 0.105. The molecule has 0 aromatic carbocycles. The van der Waals surface area contributed by atoms with E-state index in [2.05, 4.69) is 0 Å². The number of aliphatic carboxylic acids is 1. The minimum Gasteiger partial charge on any atom is -0.479 e. The van der Waals surface area contributed by atoms with Gasteiger partial charge in [0.05, 0.1) is 12.7 Å². The van der Waals surface area contributed by atoms with Gasteiger partial charge in [0.25, 0.3) is 0 Å². The molecule has 1 fully saturated rings. The molecule has 4 heteroatoms. The highest BCUT2D eigenvalue weighted by atomic mass is 16.5. The second-order valence-corrected chi connectivity index (χ2v) is 3.58. The van der Waals surface area contributed by atoms with Crippen LogP contribution in [-0.2, 0) is 14.3 Å². The van der Waals surface area contributed by atoms with Crippen LogP contribution in [0.4, 0.5) is 0 Å². The molecule has 0 spiro atoms. The molecule has 0 aromatic rings. The van der Waals surface area contributed by atoms with Gasteiger partial charge in [-0.25, -0.2) is 4.79 Å². The smallest absolute Gasteiger partial charge is 0.332 e. The quantitative estimate of drug-likeness (QED) is 0.708. The number of rotatable bonds is 6. The van der Waals surface area contributed by atoms with Crippen LogP contribution in [0, 0.1) is 0 Å². The van der Waals surface area contributed by atoms with Crippen molar-refractivity contribution >= 4 is 5.97 Å². The van der Waals surface area contributed by atoms with E-state index in [0.29, 0.717) is 13.0 Å². The Morgan fingerprint density at radius 3 is 3.00 bits per heavy atom. The molecule has 14 heavy (non-hydrogen) atoms. The SMILES string of the molecule is CCCC(OCC1CCCO1)C(=O)O. The van der Waals surface area contributed by atoms with Crippen molar-refractivity contribution in [3.05, 3.63) is 0 Å². The zero-order chi connectivity index (χ0) is 10.4. The molecule has 0 aromatic heterocycles. The van der Waals surface area contributed by atoms with Crippen LogP contribution in [-0.4, -0.2) is 36.5 Å². The molecule has 2 atom stereocenters. The number of hydrogen-bond acceptors (Lipinski definition) is 3. The van der Waals surface area contributed by atoms with Crippen molar-refractivity contribution in [3.8, 4) is 0 Å². The van der Waals surface area contributed by atoms with Gasteiger partial charge in [-0.05, 0) is 19.3 Å². The lowest BCUT2D eigenvalue weighted by Gasteiger charge is -2.15. The molecule has 1 rings (SSSR count). The number of carbonyl (C=O) groups is 1. The molecule has 4 nitrogen and oxygen atoms in total. The van der Waals surface area contributed by atoms with Crippen molar-refractivity contribution in [1.29, 1.82) is 0 Å². The summed E-state index contributed by atoms with van der Waals surface area (Å²) in [5.74, 6) is -0.871. The maximum absolute atomic E-state index is 10.7. The first-order chi connectivity index (χ1) is 6.74. The predicted octanol–water partition coefficient (Wildman–Crippen LogP) is 1.44. The van der Waals surface area contributed by atoms with Crippen LogP contribution in [0.2, 0.25) is 0 Å². The molecular formula is C10H18O4. The summed E-state index contributed by atoms with van der Waals surface area (Å²) >= 11 is 0. The molecule has 1 aliphatic rings. The Bertz CT molecular complexity index is 175. The van der Waals surface area contributed by atoms with E-state index in [1.165, 1.54) is 0 Å². The lowest BCUT2D eigenvalue weighted by molar-refractivity contribution is -0.152. The number of ether oxygens (including phenoxy) is 2. The molecule has 0 amide bonds. The zero-order valence-electron chi connectivity index (χ0n) is 8.57. The van der Waals surface area contributed by atoms with Gasteiger partial charge in [0.15, 0.2) is 6.10 Å². The monoisotopic (exact) mass is 202 g/mol. The van der Waals surface area contributed by atoms with E-state index in [1.54, 1.807) is 0 Å². The highest BCUT2D eigenvalue weighted by Gasteiger charge is 2.21. The molecule has 1 N–H and O–H groups in total. The van der Waals surface area contributed by atoms with E-state index in [0.717, 1.165) is 25.9 Å². The van der Waals surface area contributed by atoms with E-state index < -0.39 is 12.1 Å². The maximum atomic E-state index is 10.7. The Morgan fingerprint density at radius 2 is 2.50 bits per heavy atom. The normalized spacial score (nSPS) is 23.6. The molecule has 1 saturated heterocycles. The standard InChI is InChI=1S/C10H18O4/c1-2-4-9(10(11)12)14-7-8-5-3-6-13-8/h8-9H,2-7H2,1H3,(H,11,12). The van der Waals surface area contributed by atoms with Gasteiger partial charge in [-0.1, -0.05) is 13.3 Å². The van der Waals surface area contributed by atoms with E-state index in [-0.39, 0.29) is 6.10 Å². The van der Waals surface area contributed by atoms with Crippen LogP contribution in [0.5, 0.6) is 0 Å². The molecule has 0 aliphatic carbocycles. The lowest BCUT2D eigenvalue weighted by Crippen LogP contribution is -2.27. The summed E-state index contributed by atoms with van der Waals surface area (Å²) in [7, 11) is 0. The largest absolute Gasteiger partial charge is 0.479 e. The van der Waals surface area contributed by atoms with Crippen LogP contribution >= 0.6 is 0 Å². The first-order valence-electron chi connectivity index (χ1n) is 5.20. The minimum atomic E-state index is -0.871. The molecule has 0 bridgehead atoms. The third-order valence-corrected chi connectivity index (χ3v) is 2.33. The van der Waals surface area contributed by atoms with Crippen molar-refractivity contribution in [2.75, 3.05) is 13.2 Å². The zero-order valence-corrected chi connectivity index (χ0v) is 8.57. The van der Waals surface area contributed by atoms with Gasteiger partial charge >= 0.3 is 5.97 Å². The second kappa shape index (κ2) is 5.98. The van der Waals surface area contributed by atoms with Crippen molar-refractivity contribution in [2.45, 2.75) is 44.8 Å². The average Bonchev–Trinajstić information content (AvgIpc) is 2.64. The van der Waals surface area contributed by atoms with Crippen LogP contribution in [0.15, 0.2) is 0 Å². The summed E-state index contributed by atoms with van der Waals surface area (Å²) in [5, 5.41) is 8.81. The summed E-state index contributed by atoms with van der Waals surface area (Å²) in [6.45, 7) is 3.14. The highest BCUT2D eigenvalue weighted by Crippen LogP contribution is 2.13. The number of hydrogen-bond donors (Lipinski definition) is 1. The summed E-state index contributed by atoms with van der Waals surface area (Å²) in [6.07, 6.45) is 2.88.